The highest BCUT2D eigenvalue weighted by molar-refractivity contribution is 7.90. The van der Waals surface area contributed by atoms with Crippen LogP contribution in [0, 0.1) is 6.92 Å². The number of methoxy groups -OCH3 is 1. The molecule has 3 heterocycles. The zero-order valence-corrected chi connectivity index (χ0v) is 29.1. The smallest absolute Gasteiger partial charge is 0.265 e. The Bertz CT molecular complexity index is 1970. The first-order chi connectivity index (χ1) is 23.7. The Hall–Kier alpha value is -4.64. The summed E-state index contributed by atoms with van der Waals surface area (Å²) in [6.07, 6.45) is 6.01. The molecule has 0 saturated carbocycles. The summed E-state index contributed by atoms with van der Waals surface area (Å²) in [5.74, 6) is -0.0236. The van der Waals surface area contributed by atoms with Crippen LogP contribution in [0.3, 0.4) is 0 Å². The third kappa shape index (κ3) is 7.51. The summed E-state index contributed by atoms with van der Waals surface area (Å²) in [6, 6.07) is 19.5. The standard InChI is InChI=1S/C38H44N4O6S/c1-27-11-3-6-14-35(27)49(46,47)39-38(45)28-15-16-29(34(25-28)48-2)26-42-32-13-5-4-12-30(32)31(17-19-36(43)40-21-7-8-22-40)33(42)18-20-37(44)41-23-9-10-24-41/h3-6,11-16,25H,7-10,17-24,26H2,1-2H3,(H,39,45). The minimum absolute atomic E-state index is 0.0418. The number of nitrogens with zero attached hydrogens (tertiary/aromatic N) is 3. The summed E-state index contributed by atoms with van der Waals surface area (Å²) in [4.78, 5) is 43.5. The van der Waals surface area contributed by atoms with Crippen molar-refractivity contribution in [3.05, 3.63) is 94.7 Å². The van der Waals surface area contributed by atoms with Crippen LogP contribution in [0.15, 0.2) is 71.6 Å². The Morgan fingerprint density at radius 1 is 0.796 bits per heavy atom. The van der Waals surface area contributed by atoms with Crippen molar-refractivity contribution in [3.63, 3.8) is 0 Å². The first-order valence-corrected chi connectivity index (χ1v) is 18.6. The van der Waals surface area contributed by atoms with Gasteiger partial charge in [-0.15, -0.1) is 0 Å². The largest absolute Gasteiger partial charge is 0.496 e. The number of fused-ring (bicyclic) bond motifs is 1. The normalized spacial score (nSPS) is 14.8. The van der Waals surface area contributed by atoms with E-state index in [0.29, 0.717) is 43.5 Å². The van der Waals surface area contributed by atoms with Gasteiger partial charge in [0, 0.05) is 66.7 Å². The van der Waals surface area contributed by atoms with Gasteiger partial charge in [0.05, 0.1) is 18.6 Å². The van der Waals surface area contributed by atoms with E-state index in [1.54, 1.807) is 43.3 Å². The number of ether oxygens (including phenoxy) is 1. The minimum atomic E-state index is -4.08. The molecule has 4 aromatic rings. The van der Waals surface area contributed by atoms with Crippen molar-refractivity contribution in [1.82, 2.24) is 19.1 Å². The molecule has 1 N–H and O–H groups in total. The van der Waals surface area contributed by atoms with E-state index in [9.17, 15) is 22.8 Å². The Morgan fingerprint density at radius 3 is 2.06 bits per heavy atom. The summed E-state index contributed by atoms with van der Waals surface area (Å²) in [7, 11) is -2.57. The highest BCUT2D eigenvalue weighted by Crippen LogP contribution is 2.32. The number of sulfonamides is 1. The Morgan fingerprint density at radius 2 is 1.41 bits per heavy atom. The van der Waals surface area contributed by atoms with Crippen molar-refractivity contribution < 1.29 is 27.5 Å². The van der Waals surface area contributed by atoms with Crippen LogP contribution in [-0.4, -0.2) is 73.8 Å². The third-order valence-corrected chi connectivity index (χ3v) is 11.3. The van der Waals surface area contributed by atoms with Crippen molar-refractivity contribution in [2.24, 2.45) is 0 Å². The maximum Gasteiger partial charge on any atom is 0.265 e. The summed E-state index contributed by atoms with van der Waals surface area (Å²) in [6.45, 7) is 5.27. The van der Waals surface area contributed by atoms with Gasteiger partial charge in [-0.25, -0.2) is 13.1 Å². The SMILES string of the molecule is COc1cc(C(=O)NS(=O)(=O)c2ccccc2C)ccc1Cn1c(CCC(=O)N2CCCC2)c(CCC(=O)N2CCCC2)c2ccccc21. The molecule has 2 aliphatic heterocycles. The molecule has 258 valence electrons. The lowest BCUT2D eigenvalue weighted by atomic mass is 10.0. The van der Waals surface area contributed by atoms with Crippen molar-refractivity contribution in [3.8, 4) is 5.75 Å². The number of carbonyl (C=O) groups excluding carboxylic acids is 3. The second-order valence-electron chi connectivity index (χ2n) is 12.9. The number of aryl methyl sites for hydroxylation is 2. The fourth-order valence-corrected chi connectivity index (χ4v) is 8.38. The topological polar surface area (TPSA) is 118 Å². The summed E-state index contributed by atoms with van der Waals surface area (Å²) in [5.41, 5.74) is 4.54. The molecule has 2 aliphatic rings. The first-order valence-electron chi connectivity index (χ1n) is 17.1. The van der Waals surface area contributed by atoms with Crippen LogP contribution in [-0.2, 0) is 39.0 Å². The van der Waals surface area contributed by atoms with Gasteiger partial charge in [-0.3, -0.25) is 14.4 Å². The van der Waals surface area contributed by atoms with E-state index in [1.807, 2.05) is 21.9 Å². The number of nitrogens with one attached hydrogen (secondary N) is 1. The van der Waals surface area contributed by atoms with E-state index in [2.05, 4.69) is 21.4 Å². The lowest BCUT2D eigenvalue weighted by Gasteiger charge is -2.18. The monoisotopic (exact) mass is 684 g/mol. The van der Waals surface area contributed by atoms with Gasteiger partial charge >= 0.3 is 0 Å². The van der Waals surface area contributed by atoms with Gasteiger partial charge in [0.1, 0.15) is 5.75 Å². The summed E-state index contributed by atoms with van der Waals surface area (Å²) >= 11 is 0. The molecular formula is C38H44N4O6S. The van der Waals surface area contributed by atoms with E-state index in [1.165, 1.54) is 13.2 Å². The average Bonchev–Trinajstić information content (AvgIpc) is 3.89. The highest BCUT2D eigenvalue weighted by Gasteiger charge is 2.25. The van der Waals surface area contributed by atoms with E-state index >= 15 is 0 Å². The average molecular weight is 685 g/mol. The van der Waals surface area contributed by atoms with Gasteiger partial charge in [-0.2, -0.15) is 0 Å². The molecule has 11 heteroatoms. The lowest BCUT2D eigenvalue weighted by molar-refractivity contribution is -0.130. The van der Waals surface area contributed by atoms with E-state index in [4.69, 9.17) is 4.74 Å². The van der Waals surface area contributed by atoms with Gasteiger partial charge in [0.25, 0.3) is 15.9 Å². The molecule has 10 nitrogen and oxygen atoms in total. The summed E-state index contributed by atoms with van der Waals surface area (Å²) < 4.78 is 36.2. The zero-order valence-electron chi connectivity index (χ0n) is 28.2. The molecular weight excluding hydrogens is 641 g/mol. The lowest BCUT2D eigenvalue weighted by Crippen LogP contribution is -2.31. The number of likely N-dealkylation sites (tertiary alicyclic amines) is 2. The zero-order chi connectivity index (χ0) is 34.5. The van der Waals surface area contributed by atoms with Crippen molar-refractivity contribution in [1.29, 1.82) is 0 Å². The number of rotatable bonds is 12. The molecule has 0 bridgehead atoms. The second-order valence-corrected chi connectivity index (χ2v) is 14.6. The number of carbonyl (C=O) groups is 3. The van der Waals surface area contributed by atoms with Crippen LogP contribution >= 0.6 is 0 Å². The molecule has 0 atom stereocenters. The highest BCUT2D eigenvalue weighted by atomic mass is 32.2. The van der Waals surface area contributed by atoms with Crippen LogP contribution in [0.25, 0.3) is 10.9 Å². The molecule has 0 radical (unpaired) electrons. The molecule has 2 fully saturated rings. The number of hydrogen-bond acceptors (Lipinski definition) is 6. The number of benzene rings is 3. The van der Waals surface area contributed by atoms with Crippen LogP contribution in [0.4, 0.5) is 0 Å². The van der Waals surface area contributed by atoms with Gasteiger partial charge < -0.3 is 19.1 Å². The van der Waals surface area contributed by atoms with Gasteiger partial charge in [0.15, 0.2) is 0 Å². The summed E-state index contributed by atoms with van der Waals surface area (Å²) in [5, 5.41) is 1.05. The Balaban J connectivity index is 1.31. The molecule has 6 rings (SSSR count). The number of hydrogen-bond donors (Lipinski definition) is 1. The molecule has 1 aromatic heterocycles. The van der Waals surface area contributed by atoms with Crippen LogP contribution < -0.4 is 9.46 Å². The second kappa shape index (κ2) is 14.9. The Labute approximate surface area is 288 Å². The third-order valence-electron chi connectivity index (χ3n) is 9.76. The van der Waals surface area contributed by atoms with Gasteiger partial charge in [0.2, 0.25) is 11.8 Å². The van der Waals surface area contributed by atoms with E-state index in [0.717, 1.165) is 79.6 Å². The van der Waals surface area contributed by atoms with E-state index in [-0.39, 0.29) is 22.3 Å². The fraction of sp³-hybridized carbons (Fsp3) is 0.395. The van der Waals surface area contributed by atoms with Crippen molar-refractivity contribution >= 4 is 38.6 Å². The molecule has 3 amide bonds. The van der Waals surface area contributed by atoms with Gasteiger partial charge in [-0.05, 0) is 80.8 Å². The quantitative estimate of drug-likeness (QED) is 0.218. The molecule has 0 unspecified atom stereocenters. The number of aromatic nitrogens is 1. The number of amides is 3. The molecule has 0 aliphatic carbocycles. The van der Waals surface area contributed by atoms with Gasteiger partial charge in [-0.1, -0.05) is 42.5 Å². The van der Waals surface area contributed by atoms with Crippen molar-refractivity contribution in [2.45, 2.75) is 69.7 Å². The molecule has 49 heavy (non-hydrogen) atoms. The predicted octanol–water partition coefficient (Wildman–Crippen LogP) is 5.24. The predicted molar refractivity (Wildman–Crippen MR) is 188 cm³/mol. The van der Waals surface area contributed by atoms with Crippen LogP contribution in [0.2, 0.25) is 0 Å². The molecule has 3 aromatic carbocycles. The minimum Gasteiger partial charge on any atom is -0.496 e. The molecule has 2 saturated heterocycles. The van der Waals surface area contributed by atoms with Crippen LogP contribution in [0.1, 0.15) is 71.3 Å². The first kappa shape index (κ1) is 34.2. The fourth-order valence-electron chi connectivity index (χ4n) is 7.16. The Kier molecular flexibility index (Phi) is 10.4. The van der Waals surface area contributed by atoms with Crippen molar-refractivity contribution in [2.75, 3.05) is 33.3 Å². The maximum absolute atomic E-state index is 13.2. The maximum atomic E-state index is 13.2. The van der Waals surface area contributed by atoms with Crippen LogP contribution in [0.5, 0.6) is 5.75 Å². The number of para-hydroxylation sites is 1. The molecule has 0 spiro atoms. The van der Waals surface area contributed by atoms with E-state index < -0.39 is 15.9 Å².